The maximum Gasteiger partial charge on any atom is 0.531 e. The largest absolute Gasteiger partial charge is 0.531 e. The van der Waals surface area contributed by atoms with E-state index < -0.39 is 42.8 Å². The molecule has 0 saturated carbocycles. The van der Waals surface area contributed by atoms with Gasteiger partial charge in [0, 0.05) is 17.3 Å². The van der Waals surface area contributed by atoms with E-state index in [9.17, 15) is 19.2 Å². The predicted octanol–water partition coefficient (Wildman–Crippen LogP) is 3.78. The van der Waals surface area contributed by atoms with Crippen LogP contribution in [0.25, 0.3) is 0 Å². The quantitative estimate of drug-likeness (QED) is 0.457. The van der Waals surface area contributed by atoms with Gasteiger partial charge in [0.15, 0.2) is 11.4 Å². The number of carbonyl (C=O) groups excluding carboxylic acids is 3. The molecule has 1 saturated heterocycles. The van der Waals surface area contributed by atoms with Crippen LogP contribution < -0.4 is 5.32 Å². The summed E-state index contributed by atoms with van der Waals surface area (Å²) in [5.41, 5.74) is -1.41. The van der Waals surface area contributed by atoms with Gasteiger partial charge in [0.05, 0.1) is 23.6 Å². The Morgan fingerprint density at radius 3 is 2.53 bits per heavy atom. The Labute approximate surface area is 197 Å². The third-order valence-electron chi connectivity index (χ3n) is 5.21. The van der Waals surface area contributed by atoms with E-state index in [1.165, 1.54) is 12.1 Å². The molecule has 1 heterocycles. The van der Waals surface area contributed by atoms with Crippen molar-refractivity contribution in [3.63, 3.8) is 0 Å². The molecule has 2 N–H and O–H groups in total. The summed E-state index contributed by atoms with van der Waals surface area (Å²) < 4.78 is 11.1. The lowest BCUT2D eigenvalue weighted by Crippen LogP contribution is -2.39. The Hall–Kier alpha value is -2.10. The number of carboxylic acids is 1. The van der Waals surface area contributed by atoms with Crippen molar-refractivity contribution in [1.82, 2.24) is 5.32 Å². The SMILES string of the molecule is CCC1(CC(=O)O)OB([C@@H](CC(=O)CNC(=O)c2cc(Cl)ccc2Cl)CC(C)C)OC1=O. The number of ketones is 1. The fourth-order valence-electron chi connectivity index (χ4n) is 3.62. The Morgan fingerprint density at radius 2 is 1.94 bits per heavy atom. The van der Waals surface area contributed by atoms with E-state index in [-0.39, 0.29) is 41.7 Å². The molecule has 1 aliphatic heterocycles. The molecule has 1 aromatic carbocycles. The summed E-state index contributed by atoms with van der Waals surface area (Å²) in [4.78, 5) is 48.6. The number of benzene rings is 1. The van der Waals surface area contributed by atoms with Crippen molar-refractivity contribution in [3.05, 3.63) is 33.8 Å². The van der Waals surface area contributed by atoms with Crippen LogP contribution in [0.3, 0.4) is 0 Å². The molecule has 0 bridgehead atoms. The second-order valence-electron chi connectivity index (χ2n) is 8.25. The van der Waals surface area contributed by atoms with Gasteiger partial charge in [-0.1, -0.05) is 44.0 Å². The van der Waals surface area contributed by atoms with Crippen molar-refractivity contribution < 1.29 is 33.6 Å². The minimum absolute atomic E-state index is 0.0213. The zero-order valence-electron chi connectivity index (χ0n) is 18.2. The molecule has 0 radical (unpaired) electrons. The van der Waals surface area contributed by atoms with Crippen LogP contribution in [-0.4, -0.2) is 48.0 Å². The standard InChI is InChI=1S/C21H26BCl2NO7/c1-4-21(10-18(27)28)20(30)31-22(32-21)13(7-12(2)3)8-15(26)11-25-19(29)16-9-14(23)5-6-17(16)24/h5-6,9,12-13H,4,7-8,10-11H2,1-3H3,(H,25,29)(H,27,28)/t13-,21?/m1/s1. The van der Waals surface area contributed by atoms with E-state index in [0.717, 1.165) is 0 Å². The van der Waals surface area contributed by atoms with Gasteiger partial charge in [0.1, 0.15) is 0 Å². The van der Waals surface area contributed by atoms with Crippen molar-refractivity contribution in [2.24, 2.45) is 5.92 Å². The zero-order chi connectivity index (χ0) is 24.1. The van der Waals surface area contributed by atoms with E-state index in [2.05, 4.69) is 5.32 Å². The van der Waals surface area contributed by atoms with Crippen molar-refractivity contribution >= 4 is 53.9 Å². The van der Waals surface area contributed by atoms with Gasteiger partial charge in [0.25, 0.3) is 5.91 Å². The summed E-state index contributed by atoms with van der Waals surface area (Å²) in [6.07, 6.45) is 0.0994. The van der Waals surface area contributed by atoms with Crippen LogP contribution >= 0.6 is 23.2 Å². The second kappa shape index (κ2) is 11.2. The molecule has 1 unspecified atom stereocenters. The van der Waals surface area contributed by atoms with Gasteiger partial charge in [-0.3, -0.25) is 19.2 Å². The number of carboxylic acid groups (broad SMARTS) is 1. The number of hydrogen-bond acceptors (Lipinski definition) is 6. The van der Waals surface area contributed by atoms with Gasteiger partial charge in [-0.25, -0.2) is 0 Å². The number of nitrogens with one attached hydrogen (secondary N) is 1. The molecule has 1 amide bonds. The highest BCUT2D eigenvalue weighted by Gasteiger charge is 2.55. The number of halogens is 2. The molecule has 8 nitrogen and oxygen atoms in total. The lowest BCUT2D eigenvalue weighted by atomic mass is 9.65. The molecule has 2 atom stereocenters. The average molecular weight is 486 g/mol. The monoisotopic (exact) mass is 485 g/mol. The second-order valence-corrected chi connectivity index (χ2v) is 9.09. The first-order valence-corrected chi connectivity index (χ1v) is 11.1. The first-order valence-electron chi connectivity index (χ1n) is 10.3. The van der Waals surface area contributed by atoms with Crippen LogP contribution in [0.1, 0.15) is 56.8 Å². The van der Waals surface area contributed by atoms with E-state index >= 15 is 0 Å². The number of carbonyl (C=O) groups is 4. The van der Waals surface area contributed by atoms with Gasteiger partial charge in [-0.15, -0.1) is 0 Å². The molecule has 0 spiro atoms. The lowest BCUT2D eigenvalue weighted by molar-refractivity contribution is -0.152. The molecule has 174 valence electrons. The van der Waals surface area contributed by atoms with Crippen LogP contribution in [0, 0.1) is 5.92 Å². The van der Waals surface area contributed by atoms with E-state index in [0.29, 0.717) is 11.4 Å². The molecule has 0 aliphatic carbocycles. The smallest absolute Gasteiger partial charge is 0.507 e. The molecular formula is C21H26BCl2NO7. The van der Waals surface area contributed by atoms with Gasteiger partial charge in [-0.05, 0) is 37.0 Å². The highest BCUT2D eigenvalue weighted by molar-refractivity contribution is 6.51. The van der Waals surface area contributed by atoms with Gasteiger partial charge >= 0.3 is 19.1 Å². The molecule has 1 fully saturated rings. The molecular weight excluding hydrogens is 460 g/mol. The molecule has 2 rings (SSSR count). The fourth-order valence-corrected chi connectivity index (χ4v) is 3.99. The highest BCUT2D eigenvalue weighted by Crippen LogP contribution is 2.37. The number of aliphatic carboxylic acids is 1. The number of amides is 1. The van der Waals surface area contributed by atoms with Crippen LogP contribution in [0.4, 0.5) is 0 Å². The fraction of sp³-hybridized carbons (Fsp3) is 0.524. The Kier molecular flexibility index (Phi) is 9.12. The Bertz CT molecular complexity index is 895. The number of hydrogen-bond donors (Lipinski definition) is 2. The Balaban J connectivity index is 2.05. The first kappa shape index (κ1) is 26.2. The molecule has 1 aliphatic rings. The summed E-state index contributed by atoms with van der Waals surface area (Å²) in [6.45, 7) is 5.28. The number of Topliss-reactive ketones (excluding diaryl/α,β-unsaturated/α-hetero) is 1. The van der Waals surface area contributed by atoms with E-state index in [1.807, 2.05) is 13.8 Å². The third kappa shape index (κ3) is 6.70. The third-order valence-corrected chi connectivity index (χ3v) is 5.78. The average Bonchev–Trinajstić information content (AvgIpc) is 3.03. The molecule has 0 aromatic heterocycles. The van der Waals surface area contributed by atoms with Crippen LogP contribution in [0.15, 0.2) is 18.2 Å². The highest BCUT2D eigenvalue weighted by atomic mass is 35.5. The first-order chi connectivity index (χ1) is 15.0. The van der Waals surface area contributed by atoms with E-state index in [4.69, 9.17) is 37.6 Å². The summed E-state index contributed by atoms with van der Waals surface area (Å²) in [5, 5.41) is 12.2. The number of rotatable bonds is 11. The summed E-state index contributed by atoms with van der Waals surface area (Å²) in [7, 11) is -1.04. The van der Waals surface area contributed by atoms with Crippen molar-refractivity contribution in [2.45, 2.75) is 57.9 Å². The maximum atomic E-state index is 12.6. The summed E-state index contributed by atoms with van der Waals surface area (Å²) >= 11 is 11.9. The predicted molar refractivity (Wildman–Crippen MR) is 120 cm³/mol. The summed E-state index contributed by atoms with van der Waals surface area (Å²) in [5.74, 6) is -3.08. The van der Waals surface area contributed by atoms with Crippen molar-refractivity contribution in [2.75, 3.05) is 6.54 Å². The van der Waals surface area contributed by atoms with E-state index in [1.54, 1.807) is 13.0 Å². The van der Waals surface area contributed by atoms with Gasteiger partial charge < -0.3 is 19.7 Å². The zero-order valence-corrected chi connectivity index (χ0v) is 19.7. The molecule has 11 heteroatoms. The molecule has 32 heavy (non-hydrogen) atoms. The molecule has 1 aromatic rings. The van der Waals surface area contributed by atoms with Crippen molar-refractivity contribution in [3.8, 4) is 0 Å². The van der Waals surface area contributed by atoms with Crippen LogP contribution in [0.2, 0.25) is 15.9 Å². The minimum atomic E-state index is -1.56. The lowest BCUT2D eigenvalue weighted by Gasteiger charge is -2.23. The Morgan fingerprint density at radius 1 is 1.25 bits per heavy atom. The van der Waals surface area contributed by atoms with Gasteiger partial charge in [0.2, 0.25) is 0 Å². The minimum Gasteiger partial charge on any atom is -0.507 e. The van der Waals surface area contributed by atoms with Crippen LogP contribution in [0.5, 0.6) is 0 Å². The normalized spacial score (nSPS) is 19.1. The van der Waals surface area contributed by atoms with Crippen LogP contribution in [-0.2, 0) is 23.7 Å². The maximum absolute atomic E-state index is 12.6. The summed E-state index contributed by atoms with van der Waals surface area (Å²) in [6, 6.07) is 4.44. The van der Waals surface area contributed by atoms with Gasteiger partial charge in [-0.2, -0.15) is 0 Å². The topological polar surface area (TPSA) is 119 Å². The van der Waals surface area contributed by atoms with Crippen molar-refractivity contribution in [1.29, 1.82) is 0 Å².